The fraction of sp³-hybridized carbons (Fsp3) is 0. The maximum absolute atomic E-state index is 4.61. The summed E-state index contributed by atoms with van der Waals surface area (Å²) < 4.78 is 2.11. The third kappa shape index (κ3) is 3.07. The summed E-state index contributed by atoms with van der Waals surface area (Å²) in [5.74, 6) is 0. The van der Waals surface area contributed by atoms with E-state index < -0.39 is 0 Å². The molecule has 0 aliphatic carbocycles. The van der Waals surface area contributed by atoms with Crippen molar-refractivity contribution in [3.05, 3.63) is 84.6 Å². The molecule has 0 radical (unpaired) electrons. The summed E-state index contributed by atoms with van der Waals surface area (Å²) in [5, 5.41) is 11.9. The van der Waals surface area contributed by atoms with Gasteiger partial charge in [-0.3, -0.25) is 4.40 Å². The van der Waals surface area contributed by atoms with Crippen molar-refractivity contribution in [3.8, 4) is 22.4 Å². The number of fused-ring (bicyclic) bond motifs is 1. The Morgan fingerprint density at radius 2 is 1.74 bits per heavy atom. The number of hydrogen-bond donors (Lipinski definition) is 1. The first-order chi connectivity index (χ1) is 13.4. The van der Waals surface area contributed by atoms with Crippen LogP contribution in [0.15, 0.2) is 84.6 Å². The highest BCUT2D eigenvalue weighted by Gasteiger charge is 2.08. The molecule has 0 spiro atoms. The SMILES string of the molecule is c1ccc(-c2ccn3c(-c4cccc(Nc5nncs5)c4)cnc3c2)cc1. The molecule has 0 saturated heterocycles. The van der Waals surface area contributed by atoms with Gasteiger partial charge in [-0.2, -0.15) is 0 Å². The monoisotopic (exact) mass is 369 g/mol. The molecule has 5 aromatic rings. The van der Waals surface area contributed by atoms with Gasteiger partial charge in [0.2, 0.25) is 5.13 Å². The van der Waals surface area contributed by atoms with Gasteiger partial charge in [0.25, 0.3) is 0 Å². The Morgan fingerprint density at radius 1 is 0.852 bits per heavy atom. The molecule has 0 amide bonds. The van der Waals surface area contributed by atoms with E-state index in [2.05, 4.69) is 67.5 Å². The highest BCUT2D eigenvalue weighted by atomic mass is 32.1. The van der Waals surface area contributed by atoms with Crippen molar-refractivity contribution in [1.82, 2.24) is 19.6 Å². The molecule has 0 saturated carbocycles. The summed E-state index contributed by atoms with van der Waals surface area (Å²) in [6.45, 7) is 0. The Balaban J connectivity index is 1.52. The number of hydrogen-bond acceptors (Lipinski definition) is 5. The fourth-order valence-corrected chi connectivity index (χ4v) is 3.58. The van der Waals surface area contributed by atoms with Gasteiger partial charge >= 0.3 is 0 Å². The van der Waals surface area contributed by atoms with E-state index in [0.29, 0.717) is 0 Å². The average Bonchev–Trinajstić information content (AvgIpc) is 3.38. The summed E-state index contributed by atoms with van der Waals surface area (Å²) in [6, 6.07) is 22.8. The molecule has 0 aliphatic rings. The van der Waals surface area contributed by atoms with E-state index in [1.807, 2.05) is 36.5 Å². The van der Waals surface area contributed by atoms with Crippen molar-refractivity contribution >= 4 is 27.8 Å². The third-order valence-electron chi connectivity index (χ3n) is 4.39. The first-order valence-electron chi connectivity index (χ1n) is 8.53. The minimum atomic E-state index is 0.776. The van der Waals surface area contributed by atoms with Crippen molar-refractivity contribution in [1.29, 1.82) is 0 Å². The van der Waals surface area contributed by atoms with Crippen LogP contribution in [0.3, 0.4) is 0 Å². The van der Waals surface area contributed by atoms with Crippen molar-refractivity contribution in [2.45, 2.75) is 0 Å². The average molecular weight is 369 g/mol. The predicted molar refractivity (Wildman–Crippen MR) is 109 cm³/mol. The molecule has 1 N–H and O–H groups in total. The van der Waals surface area contributed by atoms with Crippen LogP contribution in [-0.4, -0.2) is 19.6 Å². The summed E-state index contributed by atoms with van der Waals surface area (Å²) in [4.78, 5) is 4.61. The van der Waals surface area contributed by atoms with E-state index in [9.17, 15) is 0 Å². The van der Waals surface area contributed by atoms with Crippen molar-refractivity contribution in [2.24, 2.45) is 0 Å². The van der Waals surface area contributed by atoms with E-state index in [-0.39, 0.29) is 0 Å². The first kappa shape index (κ1) is 15.7. The van der Waals surface area contributed by atoms with Crippen LogP contribution in [0.4, 0.5) is 10.8 Å². The van der Waals surface area contributed by atoms with E-state index >= 15 is 0 Å². The fourth-order valence-electron chi connectivity index (χ4n) is 3.11. The Hall–Kier alpha value is -3.51. The van der Waals surface area contributed by atoms with Crippen molar-refractivity contribution < 1.29 is 0 Å². The molecule has 6 heteroatoms. The number of rotatable bonds is 4. The quantitative estimate of drug-likeness (QED) is 0.469. The zero-order chi connectivity index (χ0) is 18.1. The van der Waals surface area contributed by atoms with Crippen LogP contribution < -0.4 is 5.32 Å². The van der Waals surface area contributed by atoms with Crippen molar-refractivity contribution in [3.63, 3.8) is 0 Å². The minimum Gasteiger partial charge on any atom is -0.330 e. The molecule has 27 heavy (non-hydrogen) atoms. The lowest BCUT2D eigenvalue weighted by Crippen LogP contribution is -1.92. The van der Waals surface area contributed by atoms with E-state index in [1.54, 1.807) is 5.51 Å². The molecular formula is C21H15N5S. The molecule has 0 aliphatic heterocycles. The lowest BCUT2D eigenvalue weighted by atomic mass is 10.1. The largest absolute Gasteiger partial charge is 0.330 e. The highest BCUT2D eigenvalue weighted by Crippen LogP contribution is 2.27. The van der Waals surface area contributed by atoms with Crippen LogP contribution in [0.1, 0.15) is 0 Å². The van der Waals surface area contributed by atoms with Gasteiger partial charge in [0.1, 0.15) is 11.2 Å². The van der Waals surface area contributed by atoms with Gasteiger partial charge < -0.3 is 5.32 Å². The molecule has 2 aromatic carbocycles. The highest BCUT2D eigenvalue weighted by molar-refractivity contribution is 7.13. The Bertz CT molecular complexity index is 1200. The maximum Gasteiger partial charge on any atom is 0.209 e. The summed E-state index contributed by atoms with van der Waals surface area (Å²) in [6.07, 6.45) is 3.99. The summed E-state index contributed by atoms with van der Waals surface area (Å²) >= 11 is 1.47. The molecule has 0 bridgehead atoms. The van der Waals surface area contributed by atoms with Gasteiger partial charge in [0, 0.05) is 17.4 Å². The first-order valence-corrected chi connectivity index (χ1v) is 9.41. The molecule has 5 nitrogen and oxygen atoms in total. The zero-order valence-corrected chi connectivity index (χ0v) is 15.1. The van der Waals surface area contributed by atoms with Gasteiger partial charge in [-0.05, 0) is 35.4 Å². The lowest BCUT2D eigenvalue weighted by molar-refractivity contribution is 1.09. The van der Waals surface area contributed by atoms with E-state index in [4.69, 9.17) is 0 Å². The smallest absolute Gasteiger partial charge is 0.209 e. The number of anilines is 2. The van der Waals surface area contributed by atoms with Crippen molar-refractivity contribution in [2.75, 3.05) is 5.32 Å². The van der Waals surface area contributed by atoms with Crippen LogP contribution in [0.5, 0.6) is 0 Å². The van der Waals surface area contributed by atoms with Gasteiger partial charge in [0.15, 0.2) is 0 Å². The number of imidazole rings is 1. The van der Waals surface area contributed by atoms with Gasteiger partial charge in [-0.15, -0.1) is 10.2 Å². The Labute approximate surface area is 160 Å². The molecule has 130 valence electrons. The van der Waals surface area contributed by atoms with E-state index in [1.165, 1.54) is 16.9 Å². The van der Waals surface area contributed by atoms with Gasteiger partial charge in [0.05, 0.1) is 11.9 Å². The molecule has 0 atom stereocenters. The number of nitrogens with one attached hydrogen (secondary N) is 1. The second-order valence-electron chi connectivity index (χ2n) is 6.10. The minimum absolute atomic E-state index is 0.776. The third-order valence-corrected chi connectivity index (χ3v) is 5.00. The van der Waals surface area contributed by atoms with Gasteiger partial charge in [-0.1, -0.05) is 53.8 Å². The maximum atomic E-state index is 4.61. The van der Waals surface area contributed by atoms with E-state index in [0.717, 1.165) is 33.3 Å². The van der Waals surface area contributed by atoms with Crippen LogP contribution in [0, 0.1) is 0 Å². The lowest BCUT2D eigenvalue weighted by Gasteiger charge is -2.07. The summed E-state index contributed by atoms with van der Waals surface area (Å²) in [5.41, 5.74) is 8.09. The standard InChI is InChI=1S/C21H15N5S/c1-2-5-15(6-3-1)16-9-10-26-19(13-22-20(26)12-16)17-7-4-8-18(11-17)24-21-25-23-14-27-21/h1-14H,(H,24,25). The topological polar surface area (TPSA) is 55.1 Å². The van der Waals surface area contributed by atoms with Crippen LogP contribution in [-0.2, 0) is 0 Å². The van der Waals surface area contributed by atoms with Gasteiger partial charge in [-0.25, -0.2) is 4.98 Å². The second kappa shape index (κ2) is 6.66. The number of benzene rings is 2. The summed E-state index contributed by atoms with van der Waals surface area (Å²) in [7, 11) is 0. The predicted octanol–water partition coefficient (Wildman–Crippen LogP) is 5.26. The zero-order valence-electron chi connectivity index (χ0n) is 14.3. The molecule has 0 unspecified atom stereocenters. The molecule has 3 heterocycles. The number of nitrogens with zero attached hydrogens (tertiary/aromatic N) is 4. The Morgan fingerprint density at radius 3 is 2.59 bits per heavy atom. The normalized spacial score (nSPS) is 11.0. The molecule has 5 rings (SSSR count). The molecular weight excluding hydrogens is 354 g/mol. The molecule has 0 fully saturated rings. The van der Waals surface area contributed by atoms with Crippen LogP contribution in [0.25, 0.3) is 28.0 Å². The van der Waals surface area contributed by atoms with Crippen LogP contribution in [0.2, 0.25) is 0 Å². The number of aromatic nitrogens is 4. The second-order valence-corrected chi connectivity index (χ2v) is 6.94. The van der Waals surface area contributed by atoms with Crippen LogP contribution >= 0.6 is 11.3 Å². The molecule has 3 aromatic heterocycles. The number of pyridine rings is 1. The Kier molecular flexibility index (Phi) is 3.88.